The maximum absolute atomic E-state index is 12.3. The molecule has 7 nitrogen and oxygen atoms in total. The highest BCUT2D eigenvalue weighted by Crippen LogP contribution is 2.29. The highest BCUT2D eigenvalue weighted by molar-refractivity contribution is 5.79. The zero-order valence-corrected chi connectivity index (χ0v) is 14.6. The summed E-state index contributed by atoms with van der Waals surface area (Å²) < 4.78 is 34.8. The molecular weight excluding hydrogens is 346 g/mol. The Bertz CT molecular complexity index is 766. The van der Waals surface area contributed by atoms with Gasteiger partial charge in [0.15, 0.2) is 0 Å². The number of amides is 1. The summed E-state index contributed by atoms with van der Waals surface area (Å²) in [5, 5.41) is 3.90. The van der Waals surface area contributed by atoms with Crippen molar-refractivity contribution in [1.82, 2.24) is 20.0 Å². The number of nitrogens with zero attached hydrogens (tertiary/aromatic N) is 4. The summed E-state index contributed by atoms with van der Waals surface area (Å²) in [4.78, 5) is 22.3. The number of halogens is 2. The van der Waals surface area contributed by atoms with Crippen molar-refractivity contribution in [2.24, 2.45) is 5.92 Å². The molecule has 0 aromatic carbocycles. The van der Waals surface area contributed by atoms with Gasteiger partial charge in [-0.15, -0.1) is 0 Å². The first-order chi connectivity index (χ1) is 12.4. The monoisotopic (exact) mass is 366 g/mol. The molecule has 2 aromatic heterocycles. The van der Waals surface area contributed by atoms with Crippen molar-refractivity contribution in [3.05, 3.63) is 24.2 Å². The Balaban J connectivity index is 1.70. The van der Waals surface area contributed by atoms with Crippen LogP contribution in [0.3, 0.4) is 0 Å². The average Bonchev–Trinajstić information content (AvgIpc) is 3.20. The molecule has 3 heterocycles. The van der Waals surface area contributed by atoms with E-state index in [1.54, 1.807) is 4.90 Å². The minimum atomic E-state index is -2.56. The molecule has 0 spiro atoms. The van der Waals surface area contributed by atoms with Crippen LogP contribution in [0.2, 0.25) is 0 Å². The van der Waals surface area contributed by atoms with Crippen molar-refractivity contribution in [2.45, 2.75) is 32.6 Å². The molecule has 2 aromatic rings. The molecule has 0 N–H and O–H groups in total. The van der Waals surface area contributed by atoms with Crippen LogP contribution in [0.15, 0.2) is 22.9 Å². The predicted octanol–water partition coefficient (Wildman–Crippen LogP) is 2.75. The maximum atomic E-state index is 12.3. The second kappa shape index (κ2) is 7.76. The van der Waals surface area contributed by atoms with Gasteiger partial charge in [0.05, 0.1) is 5.92 Å². The van der Waals surface area contributed by atoms with Gasteiger partial charge in [0.1, 0.15) is 18.1 Å². The summed E-state index contributed by atoms with van der Waals surface area (Å²) >= 11 is 0. The second-order valence-electron chi connectivity index (χ2n) is 6.63. The number of rotatable bonds is 7. The van der Waals surface area contributed by atoms with Gasteiger partial charge >= 0.3 is 0 Å². The van der Waals surface area contributed by atoms with Gasteiger partial charge in [-0.2, -0.15) is 4.98 Å². The molecule has 0 saturated carbocycles. The predicted molar refractivity (Wildman–Crippen MR) is 87.8 cm³/mol. The summed E-state index contributed by atoms with van der Waals surface area (Å²) in [6.45, 7) is 4.65. The first kappa shape index (κ1) is 18.2. The molecule has 1 fully saturated rings. The zero-order valence-electron chi connectivity index (χ0n) is 14.6. The van der Waals surface area contributed by atoms with Crippen LogP contribution in [0.5, 0.6) is 5.75 Å². The molecule has 0 bridgehead atoms. The molecule has 9 heteroatoms. The van der Waals surface area contributed by atoms with E-state index in [9.17, 15) is 13.6 Å². The Morgan fingerprint density at radius 2 is 2.23 bits per heavy atom. The second-order valence-corrected chi connectivity index (χ2v) is 6.63. The molecule has 1 aliphatic rings. The first-order valence-corrected chi connectivity index (χ1v) is 8.41. The van der Waals surface area contributed by atoms with E-state index in [-0.39, 0.29) is 23.4 Å². The van der Waals surface area contributed by atoms with Crippen molar-refractivity contribution < 1.29 is 22.8 Å². The molecule has 1 atom stereocenters. The number of likely N-dealkylation sites (tertiary alicyclic amines) is 1. The van der Waals surface area contributed by atoms with Crippen molar-refractivity contribution >= 4 is 5.91 Å². The van der Waals surface area contributed by atoms with Crippen LogP contribution in [-0.4, -0.2) is 52.1 Å². The van der Waals surface area contributed by atoms with Crippen molar-refractivity contribution in [2.75, 3.05) is 19.7 Å². The van der Waals surface area contributed by atoms with Crippen LogP contribution in [0.4, 0.5) is 8.78 Å². The van der Waals surface area contributed by atoms with E-state index >= 15 is 0 Å². The minimum absolute atomic E-state index is 0.0731. The molecule has 0 aliphatic carbocycles. The number of hydrogen-bond donors (Lipinski definition) is 0. The summed E-state index contributed by atoms with van der Waals surface area (Å²) in [6, 6.07) is 2.95. The number of hydrogen-bond acceptors (Lipinski definition) is 6. The Morgan fingerprint density at radius 3 is 2.96 bits per heavy atom. The molecule has 0 radical (unpaired) electrons. The third-order valence-corrected chi connectivity index (χ3v) is 3.93. The summed E-state index contributed by atoms with van der Waals surface area (Å²) in [5.41, 5.74) is 0.357. The van der Waals surface area contributed by atoms with Gasteiger partial charge < -0.3 is 14.2 Å². The third kappa shape index (κ3) is 4.33. The fraction of sp³-hybridized carbons (Fsp3) is 0.529. The Labute approximate surface area is 149 Å². The largest absolute Gasteiger partial charge is 0.488 e. The van der Waals surface area contributed by atoms with Crippen molar-refractivity contribution in [1.29, 1.82) is 0 Å². The van der Waals surface area contributed by atoms with E-state index in [0.717, 1.165) is 0 Å². The van der Waals surface area contributed by atoms with Gasteiger partial charge in [0, 0.05) is 31.8 Å². The van der Waals surface area contributed by atoms with E-state index in [1.807, 2.05) is 0 Å². The highest BCUT2D eigenvalue weighted by Gasteiger charge is 2.34. The molecule has 1 saturated heterocycles. The lowest BCUT2D eigenvalue weighted by Crippen LogP contribution is -2.29. The number of pyridine rings is 1. The summed E-state index contributed by atoms with van der Waals surface area (Å²) in [6.07, 6.45) is -0.799. The SMILES string of the molecule is CC(C)CN1CC(c2nc(-c3cc(OCC(F)F)ccn3)no2)CC1=O. The van der Waals surface area contributed by atoms with Crippen LogP contribution in [0.25, 0.3) is 11.5 Å². The molecule has 3 rings (SSSR count). The summed E-state index contributed by atoms with van der Waals surface area (Å²) in [5.74, 6) is 1.17. The fourth-order valence-corrected chi connectivity index (χ4v) is 2.84. The molecule has 140 valence electrons. The molecule has 26 heavy (non-hydrogen) atoms. The van der Waals surface area contributed by atoms with Gasteiger partial charge in [-0.05, 0) is 12.0 Å². The van der Waals surface area contributed by atoms with Crippen LogP contribution in [-0.2, 0) is 4.79 Å². The topological polar surface area (TPSA) is 81.3 Å². The zero-order chi connectivity index (χ0) is 18.7. The van der Waals surface area contributed by atoms with Crippen LogP contribution in [0.1, 0.15) is 32.1 Å². The van der Waals surface area contributed by atoms with Crippen LogP contribution in [0, 0.1) is 5.92 Å². The summed E-state index contributed by atoms with van der Waals surface area (Å²) in [7, 11) is 0. The number of ether oxygens (including phenoxy) is 1. The number of alkyl halides is 2. The molecule has 1 unspecified atom stereocenters. The van der Waals surface area contributed by atoms with Gasteiger partial charge in [-0.25, -0.2) is 8.78 Å². The van der Waals surface area contributed by atoms with E-state index in [4.69, 9.17) is 9.26 Å². The smallest absolute Gasteiger partial charge is 0.272 e. The van der Waals surface area contributed by atoms with Gasteiger partial charge in [0.2, 0.25) is 17.6 Å². The lowest BCUT2D eigenvalue weighted by molar-refractivity contribution is -0.128. The van der Waals surface area contributed by atoms with Gasteiger partial charge in [-0.1, -0.05) is 19.0 Å². The van der Waals surface area contributed by atoms with Gasteiger partial charge in [-0.3, -0.25) is 9.78 Å². The van der Waals surface area contributed by atoms with Crippen LogP contribution < -0.4 is 4.74 Å². The Hall–Kier alpha value is -2.58. The fourth-order valence-electron chi connectivity index (χ4n) is 2.84. The Morgan fingerprint density at radius 1 is 1.42 bits per heavy atom. The highest BCUT2D eigenvalue weighted by atomic mass is 19.3. The van der Waals surface area contributed by atoms with E-state index in [2.05, 4.69) is 29.0 Å². The van der Waals surface area contributed by atoms with Crippen molar-refractivity contribution in [3.63, 3.8) is 0 Å². The van der Waals surface area contributed by atoms with Gasteiger partial charge in [0.25, 0.3) is 6.43 Å². The Kier molecular flexibility index (Phi) is 5.43. The maximum Gasteiger partial charge on any atom is 0.272 e. The van der Waals surface area contributed by atoms with Crippen LogP contribution >= 0.6 is 0 Å². The third-order valence-electron chi connectivity index (χ3n) is 3.93. The lowest BCUT2D eigenvalue weighted by atomic mass is 10.1. The minimum Gasteiger partial charge on any atom is -0.488 e. The first-order valence-electron chi connectivity index (χ1n) is 8.41. The van der Waals surface area contributed by atoms with E-state index in [1.165, 1.54) is 18.3 Å². The normalized spacial score (nSPS) is 17.5. The standard InChI is InChI=1S/C17H20F2N4O3/c1-10(2)7-23-8-11(5-15(23)24)17-21-16(22-26-17)13-6-12(3-4-20-13)25-9-14(18)19/h3-4,6,10-11,14H,5,7-9H2,1-2H3. The van der Waals surface area contributed by atoms with E-state index < -0.39 is 13.0 Å². The lowest BCUT2D eigenvalue weighted by Gasteiger charge is -2.18. The average molecular weight is 366 g/mol. The van der Waals surface area contributed by atoms with Crippen molar-refractivity contribution in [3.8, 4) is 17.3 Å². The van der Waals surface area contributed by atoms with E-state index in [0.29, 0.717) is 37.0 Å². The number of carbonyl (C=O) groups excluding carboxylic acids is 1. The quantitative estimate of drug-likeness (QED) is 0.749. The number of aromatic nitrogens is 3. The number of carbonyl (C=O) groups is 1. The molecule has 1 aliphatic heterocycles. The molecule has 1 amide bonds. The molecular formula is C17H20F2N4O3.